The maximum atomic E-state index is 10.9. The smallest absolute Gasteiger partial charge is 0.219 e. The quantitative estimate of drug-likeness (QED) is 0.521. The van der Waals surface area contributed by atoms with Crippen LogP contribution in [0.3, 0.4) is 0 Å². The Balaban J connectivity index is 3.06. The fraction of sp³-hybridized carbons (Fsp3) is 0.929. The summed E-state index contributed by atoms with van der Waals surface area (Å²) in [5, 5.41) is 0. The van der Waals surface area contributed by atoms with Gasteiger partial charge in [-0.2, -0.15) is 0 Å². The van der Waals surface area contributed by atoms with Gasteiger partial charge in [0.2, 0.25) is 5.91 Å². The zero-order valence-electron chi connectivity index (χ0n) is 11.8. The van der Waals surface area contributed by atoms with E-state index in [0.29, 0.717) is 0 Å². The molecule has 0 unspecified atom stereocenters. The van der Waals surface area contributed by atoms with Gasteiger partial charge in [0.05, 0.1) is 0 Å². The van der Waals surface area contributed by atoms with Crippen LogP contribution in [-0.4, -0.2) is 37.6 Å². The lowest BCUT2D eigenvalue weighted by Gasteiger charge is -2.14. The van der Waals surface area contributed by atoms with Crippen LogP contribution in [-0.2, 0) is 9.53 Å². The average molecular weight is 243 g/mol. The van der Waals surface area contributed by atoms with Crippen molar-refractivity contribution < 1.29 is 9.53 Å². The molecule has 0 aromatic rings. The Hall–Kier alpha value is -0.570. The van der Waals surface area contributed by atoms with Gasteiger partial charge in [0.1, 0.15) is 0 Å². The van der Waals surface area contributed by atoms with Crippen molar-refractivity contribution in [2.75, 3.05) is 26.8 Å². The Bertz CT molecular complexity index is 183. The Morgan fingerprint density at radius 1 is 1.00 bits per heavy atom. The maximum Gasteiger partial charge on any atom is 0.219 e. The van der Waals surface area contributed by atoms with Crippen LogP contribution in [0.4, 0.5) is 0 Å². The van der Waals surface area contributed by atoms with Crippen LogP contribution in [0.1, 0.15) is 58.8 Å². The standard InChI is InChI=1S/C14H29NO2/c1-4-5-6-7-9-12-17-13-10-8-11-15(3)14(2)16/h4-13H2,1-3H3. The van der Waals surface area contributed by atoms with E-state index in [1.807, 2.05) is 7.05 Å². The first-order chi connectivity index (χ1) is 8.18. The third kappa shape index (κ3) is 11.7. The fourth-order valence-electron chi connectivity index (χ4n) is 1.62. The molecule has 0 atom stereocenters. The van der Waals surface area contributed by atoms with E-state index in [0.717, 1.165) is 32.6 Å². The van der Waals surface area contributed by atoms with Crippen LogP contribution in [0, 0.1) is 0 Å². The van der Waals surface area contributed by atoms with Crippen molar-refractivity contribution >= 4 is 5.91 Å². The van der Waals surface area contributed by atoms with Gasteiger partial charge in [-0.05, 0) is 19.3 Å². The number of ether oxygens (including phenoxy) is 1. The summed E-state index contributed by atoms with van der Waals surface area (Å²) in [6, 6.07) is 0. The molecule has 0 aromatic heterocycles. The van der Waals surface area contributed by atoms with Crippen molar-refractivity contribution in [3.63, 3.8) is 0 Å². The molecule has 1 amide bonds. The van der Waals surface area contributed by atoms with Gasteiger partial charge in [0, 0.05) is 33.7 Å². The first-order valence-electron chi connectivity index (χ1n) is 6.98. The van der Waals surface area contributed by atoms with Crippen LogP contribution in [0.25, 0.3) is 0 Å². The highest BCUT2D eigenvalue weighted by Gasteiger charge is 2.00. The second-order valence-corrected chi connectivity index (χ2v) is 4.67. The van der Waals surface area contributed by atoms with E-state index in [9.17, 15) is 4.79 Å². The maximum absolute atomic E-state index is 10.9. The molecular weight excluding hydrogens is 214 g/mol. The highest BCUT2D eigenvalue weighted by Crippen LogP contribution is 2.02. The molecule has 102 valence electrons. The van der Waals surface area contributed by atoms with Crippen molar-refractivity contribution in [2.45, 2.75) is 58.8 Å². The highest BCUT2D eigenvalue weighted by atomic mass is 16.5. The number of nitrogens with zero attached hydrogens (tertiary/aromatic N) is 1. The van der Waals surface area contributed by atoms with E-state index < -0.39 is 0 Å². The predicted molar refractivity (Wildman–Crippen MR) is 72.1 cm³/mol. The van der Waals surface area contributed by atoms with Gasteiger partial charge in [-0.1, -0.05) is 32.6 Å². The largest absolute Gasteiger partial charge is 0.381 e. The monoisotopic (exact) mass is 243 g/mol. The molecular formula is C14H29NO2. The third-order valence-corrected chi connectivity index (χ3v) is 2.96. The van der Waals surface area contributed by atoms with E-state index in [4.69, 9.17) is 4.74 Å². The number of unbranched alkanes of at least 4 members (excludes halogenated alkanes) is 5. The van der Waals surface area contributed by atoms with Crippen molar-refractivity contribution in [2.24, 2.45) is 0 Å². The molecule has 3 nitrogen and oxygen atoms in total. The first kappa shape index (κ1) is 16.4. The van der Waals surface area contributed by atoms with E-state index >= 15 is 0 Å². The molecule has 0 bridgehead atoms. The van der Waals surface area contributed by atoms with E-state index in [-0.39, 0.29) is 5.91 Å². The van der Waals surface area contributed by atoms with Gasteiger partial charge in [0.15, 0.2) is 0 Å². The molecule has 0 fully saturated rings. The minimum Gasteiger partial charge on any atom is -0.381 e. The normalized spacial score (nSPS) is 10.5. The molecule has 0 saturated carbocycles. The second kappa shape index (κ2) is 11.9. The lowest BCUT2D eigenvalue weighted by molar-refractivity contribution is -0.127. The topological polar surface area (TPSA) is 29.5 Å². The molecule has 0 aliphatic rings. The van der Waals surface area contributed by atoms with Crippen LogP contribution in [0.15, 0.2) is 0 Å². The summed E-state index contributed by atoms with van der Waals surface area (Å²) in [7, 11) is 1.84. The van der Waals surface area contributed by atoms with E-state index in [2.05, 4.69) is 6.92 Å². The average Bonchev–Trinajstić information content (AvgIpc) is 2.31. The Morgan fingerprint density at radius 2 is 1.59 bits per heavy atom. The summed E-state index contributed by atoms with van der Waals surface area (Å²) in [5.41, 5.74) is 0. The summed E-state index contributed by atoms with van der Waals surface area (Å²) in [4.78, 5) is 12.7. The van der Waals surface area contributed by atoms with E-state index in [1.54, 1.807) is 11.8 Å². The molecule has 0 aromatic carbocycles. The second-order valence-electron chi connectivity index (χ2n) is 4.67. The van der Waals surface area contributed by atoms with Gasteiger partial charge in [0.25, 0.3) is 0 Å². The SMILES string of the molecule is CCCCCCCOCCCCN(C)C(C)=O. The minimum absolute atomic E-state index is 0.141. The van der Waals surface area contributed by atoms with Crippen molar-refractivity contribution in [1.82, 2.24) is 4.90 Å². The molecule has 0 N–H and O–H groups in total. The Morgan fingerprint density at radius 3 is 2.18 bits per heavy atom. The number of hydrogen-bond acceptors (Lipinski definition) is 2. The lowest BCUT2D eigenvalue weighted by atomic mass is 10.2. The van der Waals surface area contributed by atoms with Gasteiger partial charge in [-0.3, -0.25) is 4.79 Å². The zero-order valence-corrected chi connectivity index (χ0v) is 11.8. The van der Waals surface area contributed by atoms with Gasteiger partial charge in [-0.15, -0.1) is 0 Å². The van der Waals surface area contributed by atoms with Crippen molar-refractivity contribution in [3.05, 3.63) is 0 Å². The number of rotatable bonds is 11. The Labute approximate surface area is 107 Å². The summed E-state index contributed by atoms with van der Waals surface area (Å²) >= 11 is 0. The van der Waals surface area contributed by atoms with Crippen LogP contribution in [0.5, 0.6) is 0 Å². The molecule has 0 aliphatic heterocycles. The first-order valence-corrected chi connectivity index (χ1v) is 6.98. The molecule has 0 heterocycles. The highest BCUT2D eigenvalue weighted by molar-refractivity contribution is 5.72. The molecule has 0 rings (SSSR count). The number of carbonyl (C=O) groups is 1. The van der Waals surface area contributed by atoms with E-state index in [1.165, 1.54) is 32.1 Å². The summed E-state index contributed by atoms with van der Waals surface area (Å²) in [6.07, 6.45) is 8.54. The minimum atomic E-state index is 0.141. The van der Waals surface area contributed by atoms with Gasteiger partial charge < -0.3 is 9.64 Å². The summed E-state index contributed by atoms with van der Waals surface area (Å²) in [6.45, 7) is 6.41. The molecule has 0 saturated heterocycles. The Kier molecular flexibility index (Phi) is 11.5. The molecule has 17 heavy (non-hydrogen) atoms. The third-order valence-electron chi connectivity index (χ3n) is 2.96. The van der Waals surface area contributed by atoms with Gasteiger partial charge in [-0.25, -0.2) is 0 Å². The zero-order chi connectivity index (χ0) is 12.9. The lowest BCUT2D eigenvalue weighted by Crippen LogP contribution is -2.24. The van der Waals surface area contributed by atoms with Crippen LogP contribution >= 0.6 is 0 Å². The van der Waals surface area contributed by atoms with Crippen LogP contribution < -0.4 is 0 Å². The number of hydrogen-bond donors (Lipinski definition) is 0. The molecule has 0 spiro atoms. The predicted octanol–water partition coefficient (Wildman–Crippen LogP) is 3.23. The summed E-state index contributed by atoms with van der Waals surface area (Å²) < 4.78 is 5.55. The summed E-state index contributed by atoms with van der Waals surface area (Å²) in [5.74, 6) is 0.141. The van der Waals surface area contributed by atoms with Crippen molar-refractivity contribution in [3.8, 4) is 0 Å². The number of amides is 1. The van der Waals surface area contributed by atoms with Gasteiger partial charge >= 0.3 is 0 Å². The molecule has 0 radical (unpaired) electrons. The molecule has 0 aliphatic carbocycles. The van der Waals surface area contributed by atoms with Crippen LogP contribution in [0.2, 0.25) is 0 Å². The van der Waals surface area contributed by atoms with Crippen molar-refractivity contribution in [1.29, 1.82) is 0 Å². The molecule has 3 heteroatoms. The number of carbonyl (C=O) groups excluding carboxylic acids is 1. The fourth-order valence-corrected chi connectivity index (χ4v) is 1.62.